The van der Waals surface area contributed by atoms with E-state index in [9.17, 15) is 0 Å². The Morgan fingerprint density at radius 1 is 1.00 bits per heavy atom. The van der Waals surface area contributed by atoms with Gasteiger partial charge >= 0.3 is 0 Å². The van der Waals surface area contributed by atoms with Crippen LogP contribution in [0.4, 0.5) is 0 Å². The highest BCUT2D eigenvalue weighted by atomic mass is 16.5. The van der Waals surface area contributed by atoms with Crippen molar-refractivity contribution in [1.29, 1.82) is 0 Å². The molecule has 1 aliphatic carbocycles. The topological polar surface area (TPSA) is 9.23 Å². The molecule has 17 heavy (non-hydrogen) atoms. The molecule has 0 aromatic heterocycles. The van der Waals surface area contributed by atoms with Gasteiger partial charge in [-0.3, -0.25) is 0 Å². The molecule has 0 bridgehead atoms. The molecular formula is C16H28O. The van der Waals surface area contributed by atoms with Crippen molar-refractivity contribution < 1.29 is 4.74 Å². The van der Waals surface area contributed by atoms with Crippen LogP contribution < -0.4 is 0 Å². The van der Waals surface area contributed by atoms with E-state index < -0.39 is 0 Å². The summed E-state index contributed by atoms with van der Waals surface area (Å²) in [4.78, 5) is 0. The van der Waals surface area contributed by atoms with Crippen molar-refractivity contribution in [2.75, 3.05) is 0 Å². The average Bonchev–Trinajstić information content (AvgIpc) is 2.54. The van der Waals surface area contributed by atoms with Crippen LogP contribution in [0, 0.1) is 5.92 Å². The van der Waals surface area contributed by atoms with Crippen molar-refractivity contribution in [3.63, 3.8) is 0 Å². The Bertz CT molecular complexity index is 265. The molecule has 1 saturated heterocycles. The molecule has 1 unspecified atom stereocenters. The van der Waals surface area contributed by atoms with Crippen LogP contribution in [-0.4, -0.2) is 5.60 Å². The van der Waals surface area contributed by atoms with Gasteiger partial charge in [0, 0.05) is 5.92 Å². The first-order valence-electron chi connectivity index (χ1n) is 7.56. The van der Waals surface area contributed by atoms with Gasteiger partial charge in [0.15, 0.2) is 0 Å². The number of ether oxygens (including phenoxy) is 1. The maximum atomic E-state index is 6.12. The van der Waals surface area contributed by atoms with E-state index in [1.807, 2.05) is 0 Å². The van der Waals surface area contributed by atoms with Gasteiger partial charge in [0.2, 0.25) is 0 Å². The van der Waals surface area contributed by atoms with Crippen LogP contribution in [0.5, 0.6) is 0 Å². The minimum absolute atomic E-state index is 0.0800. The zero-order valence-corrected chi connectivity index (χ0v) is 11.6. The summed E-state index contributed by atoms with van der Waals surface area (Å²) in [5, 5.41) is 0. The maximum absolute atomic E-state index is 6.12. The lowest BCUT2D eigenvalue weighted by Gasteiger charge is -2.16. The van der Waals surface area contributed by atoms with Gasteiger partial charge < -0.3 is 4.74 Å². The van der Waals surface area contributed by atoms with E-state index in [1.165, 1.54) is 70.0 Å². The fourth-order valence-electron chi connectivity index (χ4n) is 3.25. The molecule has 0 saturated carbocycles. The fraction of sp³-hybridized carbons (Fsp3) is 0.875. The highest BCUT2D eigenvalue weighted by Crippen LogP contribution is 2.40. The van der Waals surface area contributed by atoms with Crippen molar-refractivity contribution in [2.45, 2.75) is 83.7 Å². The van der Waals surface area contributed by atoms with E-state index in [4.69, 9.17) is 4.74 Å². The summed E-state index contributed by atoms with van der Waals surface area (Å²) in [6.45, 7) is 4.47. The largest absolute Gasteiger partial charge is 0.492 e. The molecule has 0 spiro atoms. The first kappa shape index (κ1) is 13.0. The Kier molecular flexibility index (Phi) is 4.53. The lowest BCUT2D eigenvalue weighted by atomic mass is 9.90. The molecule has 1 fully saturated rings. The predicted molar refractivity (Wildman–Crippen MR) is 72.9 cm³/mol. The Labute approximate surface area is 107 Å². The number of hydrogen-bond donors (Lipinski definition) is 0. The molecule has 0 aromatic rings. The molecule has 2 aliphatic rings. The highest BCUT2D eigenvalue weighted by Gasteiger charge is 2.36. The zero-order valence-electron chi connectivity index (χ0n) is 11.6. The summed E-state index contributed by atoms with van der Waals surface area (Å²) < 4.78 is 6.12. The summed E-state index contributed by atoms with van der Waals surface area (Å²) in [6, 6.07) is 0. The van der Waals surface area contributed by atoms with E-state index in [2.05, 4.69) is 19.9 Å². The second kappa shape index (κ2) is 5.93. The summed E-state index contributed by atoms with van der Waals surface area (Å²) >= 11 is 0. The monoisotopic (exact) mass is 236 g/mol. The van der Waals surface area contributed by atoms with Gasteiger partial charge in [0.05, 0.1) is 5.76 Å². The van der Waals surface area contributed by atoms with E-state index in [0.29, 0.717) is 5.92 Å². The molecule has 1 heterocycles. The van der Waals surface area contributed by atoms with Crippen LogP contribution >= 0.6 is 0 Å². The lowest BCUT2D eigenvalue weighted by Crippen LogP contribution is -2.16. The van der Waals surface area contributed by atoms with Gasteiger partial charge in [-0.05, 0) is 45.6 Å². The Hall–Kier alpha value is -0.460. The standard InChI is InChI=1S/C16H28O/c1-16(2)13-14-11-9-7-5-3-4-6-8-10-12-15(14)17-16/h12,14H,3-11,13H2,1-2H3/b15-12-. The molecule has 0 radical (unpaired) electrons. The molecule has 1 atom stereocenters. The summed E-state index contributed by atoms with van der Waals surface area (Å²) in [5.41, 5.74) is 0.0800. The van der Waals surface area contributed by atoms with Crippen LogP contribution in [0.3, 0.4) is 0 Å². The van der Waals surface area contributed by atoms with Crippen molar-refractivity contribution >= 4 is 0 Å². The van der Waals surface area contributed by atoms with E-state index in [-0.39, 0.29) is 5.60 Å². The van der Waals surface area contributed by atoms with E-state index in [0.717, 1.165) is 0 Å². The Morgan fingerprint density at radius 3 is 2.41 bits per heavy atom. The minimum Gasteiger partial charge on any atom is -0.492 e. The van der Waals surface area contributed by atoms with E-state index >= 15 is 0 Å². The normalized spacial score (nSPS) is 33.5. The van der Waals surface area contributed by atoms with Crippen molar-refractivity contribution in [2.24, 2.45) is 5.92 Å². The molecule has 98 valence electrons. The predicted octanol–water partition coefficient (Wildman–Crippen LogP) is 5.21. The molecule has 2 rings (SSSR count). The van der Waals surface area contributed by atoms with Gasteiger partial charge in [-0.15, -0.1) is 0 Å². The molecule has 0 N–H and O–H groups in total. The van der Waals surface area contributed by atoms with Crippen molar-refractivity contribution in [1.82, 2.24) is 0 Å². The van der Waals surface area contributed by atoms with Gasteiger partial charge in [-0.1, -0.05) is 38.5 Å². The average molecular weight is 236 g/mol. The molecule has 0 aromatic carbocycles. The summed E-state index contributed by atoms with van der Waals surface area (Å²) in [5.74, 6) is 2.03. The van der Waals surface area contributed by atoms with Crippen molar-refractivity contribution in [3.8, 4) is 0 Å². The van der Waals surface area contributed by atoms with Crippen LogP contribution in [0.1, 0.15) is 78.1 Å². The third kappa shape index (κ3) is 4.04. The number of fused-ring (bicyclic) bond motifs is 1. The SMILES string of the molecule is CC1(C)CC2CCCCCCCCC/C=C/2O1. The van der Waals surface area contributed by atoms with Crippen molar-refractivity contribution in [3.05, 3.63) is 11.8 Å². The lowest BCUT2D eigenvalue weighted by molar-refractivity contribution is 0.0760. The Balaban J connectivity index is 1.97. The van der Waals surface area contributed by atoms with Gasteiger partial charge in [0.25, 0.3) is 0 Å². The zero-order chi connectivity index (χ0) is 12.1. The van der Waals surface area contributed by atoms with E-state index in [1.54, 1.807) is 0 Å². The number of rotatable bonds is 0. The maximum Gasteiger partial charge on any atom is 0.104 e. The van der Waals surface area contributed by atoms with Gasteiger partial charge in [-0.2, -0.15) is 0 Å². The van der Waals surface area contributed by atoms with Gasteiger partial charge in [0.1, 0.15) is 5.60 Å². The first-order valence-corrected chi connectivity index (χ1v) is 7.56. The second-order valence-electron chi connectivity index (χ2n) is 6.42. The quantitative estimate of drug-likeness (QED) is 0.561. The highest BCUT2D eigenvalue weighted by molar-refractivity contribution is 5.07. The molecule has 1 heteroatoms. The van der Waals surface area contributed by atoms with Crippen LogP contribution in [0.25, 0.3) is 0 Å². The number of allylic oxidation sites excluding steroid dienone is 2. The third-order valence-corrected chi connectivity index (χ3v) is 4.14. The van der Waals surface area contributed by atoms with Crippen LogP contribution in [0.15, 0.2) is 11.8 Å². The fourth-order valence-corrected chi connectivity index (χ4v) is 3.25. The minimum atomic E-state index is 0.0800. The molecule has 0 amide bonds. The third-order valence-electron chi connectivity index (χ3n) is 4.14. The molecule has 1 nitrogen and oxygen atoms in total. The summed E-state index contributed by atoms with van der Waals surface area (Å²) in [7, 11) is 0. The van der Waals surface area contributed by atoms with Gasteiger partial charge in [-0.25, -0.2) is 0 Å². The first-order chi connectivity index (χ1) is 8.17. The Morgan fingerprint density at radius 2 is 1.65 bits per heavy atom. The summed E-state index contributed by atoms with van der Waals surface area (Å²) in [6.07, 6.45) is 16.1. The number of hydrogen-bond acceptors (Lipinski definition) is 1. The van der Waals surface area contributed by atoms with Crippen LogP contribution in [0.2, 0.25) is 0 Å². The molecular weight excluding hydrogens is 208 g/mol. The van der Waals surface area contributed by atoms with Crippen LogP contribution in [-0.2, 0) is 4.74 Å². The smallest absolute Gasteiger partial charge is 0.104 e. The second-order valence-corrected chi connectivity index (χ2v) is 6.42. The molecule has 1 aliphatic heterocycles.